The minimum Gasteiger partial charge on any atom is -0.481 e. The second kappa shape index (κ2) is 5.94. The number of aromatic amines is 1. The lowest BCUT2D eigenvalue weighted by Gasteiger charge is -1.99. The van der Waals surface area contributed by atoms with Crippen molar-refractivity contribution in [1.82, 2.24) is 14.5 Å². The fourth-order valence-corrected chi connectivity index (χ4v) is 2.81. The molecular weight excluding hydrogens is 304 g/mol. The highest BCUT2D eigenvalue weighted by Gasteiger charge is 2.12. The smallest absolute Gasteiger partial charge is 0.305 e. The Bertz CT molecular complexity index is 906. The number of aromatic nitrogens is 3. The third kappa shape index (κ3) is 2.82. The van der Waals surface area contributed by atoms with E-state index in [4.69, 9.17) is 5.11 Å². The molecule has 0 atom stereocenters. The van der Waals surface area contributed by atoms with Gasteiger partial charge in [0.05, 0.1) is 12.0 Å². The second-order valence-electron chi connectivity index (χ2n) is 4.54. The number of nitrogens with one attached hydrogen (secondary N) is 1. The summed E-state index contributed by atoms with van der Waals surface area (Å²) >= 11 is 1.29. The summed E-state index contributed by atoms with van der Waals surface area (Å²) in [6.45, 7) is 0.278. The molecule has 3 heterocycles. The molecule has 1 amide bonds. The van der Waals surface area contributed by atoms with Gasteiger partial charge in [0.1, 0.15) is 5.65 Å². The van der Waals surface area contributed by atoms with E-state index in [2.05, 4.69) is 15.0 Å². The van der Waals surface area contributed by atoms with Gasteiger partial charge in [-0.25, -0.2) is 4.98 Å². The Kier molecular flexibility index (Phi) is 3.84. The molecule has 0 fully saturated rings. The first-order valence-corrected chi connectivity index (χ1v) is 7.40. The van der Waals surface area contributed by atoms with Crippen LogP contribution < -0.4 is 4.80 Å². The van der Waals surface area contributed by atoms with Gasteiger partial charge in [-0.15, -0.1) is 11.3 Å². The number of aliphatic carboxylic acids is 1. The van der Waals surface area contributed by atoms with Crippen molar-refractivity contribution in [2.45, 2.75) is 13.0 Å². The largest absolute Gasteiger partial charge is 0.481 e. The third-order valence-electron chi connectivity index (χ3n) is 3.11. The molecule has 112 valence electrons. The van der Waals surface area contributed by atoms with E-state index < -0.39 is 5.97 Å². The van der Waals surface area contributed by atoms with Crippen molar-refractivity contribution in [1.29, 1.82) is 0 Å². The Hall–Kier alpha value is -2.74. The number of rotatable bonds is 4. The van der Waals surface area contributed by atoms with Crippen LogP contribution in [0.15, 0.2) is 41.1 Å². The first kappa shape index (κ1) is 14.2. The molecule has 0 aliphatic carbocycles. The number of carboxylic acids is 1. The Balaban J connectivity index is 1.93. The number of thiazole rings is 1. The molecule has 0 radical (unpaired) electrons. The number of fused-ring (bicyclic) bond motifs is 1. The van der Waals surface area contributed by atoms with Crippen molar-refractivity contribution < 1.29 is 14.7 Å². The van der Waals surface area contributed by atoms with E-state index in [0.717, 1.165) is 0 Å². The zero-order valence-electron chi connectivity index (χ0n) is 11.4. The molecular formula is C14H12N4O3S. The first-order valence-electron chi connectivity index (χ1n) is 6.52. The maximum Gasteiger partial charge on any atom is 0.305 e. The minimum absolute atomic E-state index is 0.0187. The van der Waals surface area contributed by atoms with Crippen LogP contribution in [0.3, 0.4) is 0 Å². The number of carbonyl (C=O) groups is 2. The molecule has 0 unspecified atom stereocenters. The summed E-state index contributed by atoms with van der Waals surface area (Å²) in [5.41, 5.74) is 1.08. The lowest BCUT2D eigenvalue weighted by atomic mass is 10.2. The van der Waals surface area contributed by atoms with Gasteiger partial charge in [0.25, 0.3) is 5.91 Å². The van der Waals surface area contributed by atoms with Gasteiger partial charge in [-0.1, -0.05) is 0 Å². The maximum atomic E-state index is 12.3. The van der Waals surface area contributed by atoms with E-state index in [1.165, 1.54) is 11.3 Å². The number of carboxylic acid groups (broad SMARTS) is 1. The number of H-pyrrole nitrogens is 1. The van der Waals surface area contributed by atoms with E-state index in [1.54, 1.807) is 40.7 Å². The minimum atomic E-state index is -0.890. The summed E-state index contributed by atoms with van der Waals surface area (Å²) in [5, 5.41) is 11.2. The van der Waals surface area contributed by atoms with Crippen molar-refractivity contribution in [3.63, 3.8) is 0 Å². The van der Waals surface area contributed by atoms with Gasteiger partial charge in [-0.3, -0.25) is 9.59 Å². The van der Waals surface area contributed by atoms with Gasteiger partial charge in [0, 0.05) is 35.9 Å². The summed E-state index contributed by atoms with van der Waals surface area (Å²) < 4.78 is 1.66. The fourth-order valence-electron chi connectivity index (χ4n) is 2.05. The zero-order chi connectivity index (χ0) is 15.5. The van der Waals surface area contributed by atoms with Crippen LogP contribution in [-0.2, 0) is 11.3 Å². The van der Waals surface area contributed by atoms with E-state index >= 15 is 0 Å². The van der Waals surface area contributed by atoms with Gasteiger partial charge < -0.3 is 14.7 Å². The van der Waals surface area contributed by atoms with Crippen LogP contribution in [0.1, 0.15) is 16.8 Å². The second-order valence-corrected chi connectivity index (χ2v) is 5.41. The number of pyridine rings is 1. The van der Waals surface area contributed by atoms with Crippen molar-refractivity contribution in [3.8, 4) is 0 Å². The normalized spacial score (nSPS) is 11.9. The van der Waals surface area contributed by atoms with Gasteiger partial charge >= 0.3 is 5.97 Å². The zero-order valence-corrected chi connectivity index (χ0v) is 12.2. The number of hydrogen-bond donors (Lipinski definition) is 2. The van der Waals surface area contributed by atoms with Crippen molar-refractivity contribution in [3.05, 3.63) is 46.5 Å². The lowest BCUT2D eigenvalue weighted by molar-refractivity contribution is -0.137. The van der Waals surface area contributed by atoms with Crippen molar-refractivity contribution in [2.75, 3.05) is 0 Å². The summed E-state index contributed by atoms with van der Waals surface area (Å²) in [4.78, 5) is 34.6. The quantitative estimate of drug-likeness (QED) is 0.764. The number of carbonyl (C=O) groups excluding carboxylic acids is 1. The van der Waals surface area contributed by atoms with Crippen LogP contribution in [0, 0.1) is 0 Å². The molecule has 0 bridgehead atoms. The molecule has 3 aromatic heterocycles. The summed E-state index contributed by atoms with van der Waals surface area (Å²) in [6.07, 6.45) is 4.92. The van der Waals surface area contributed by atoms with Gasteiger partial charge in [0.15, 0.2) is 4.80 Å². The number of nitrogens with zero attached hydrogens (tertiary/aromatic N) is 3. The SMILES string of the molecule is O=C(O)CCn1ccs/c1=N\C(=O)c1c[nH]c2ncccc12. The highest BCUT2D eigenvalue weighted by Crippen LogP contribution is 2.16. The van der Waals surface area contributed by atoms with E-state index in [1.807, 2.05) is 0 Å². The molecule has 0 saturated carbocycles. The van der Waals surface area contributed by atoms with Crippen LogP contribution in [0.5, 0.6) is 0 Å². The predicted octanol–water partition coefficient (Wildman–Crippen LogP) is 1.64. The molecule has 8 heteroatoms. The molecule has 7 nitrogen and oxygen atoms in total. The number of aryl methyl sites for hydroxylation is 1. The van der Waals surface area contributed by atoms with Crippen LogP contribution in [0.2, 0.25) is 0 Å². The lowest BCUT2D eigenvalue weighted by Crippen LogP contribution is -2.18. The highest BCUT2D eigenvalue weighted by atomic mass is 32.1. The fraction of sp³-hybridized carbons (Fsp3) is 0.143. The molecule has 0 aliphatic heterocycles. The Morgan fingerprint density at radius 3 is 3.14 bits per heavy atom. The topological polar surface area (TPSA) is 100 Å². The van der Waals surface area contributed by atoms with Gasteiger partial charge in [-0.2, -0.15) is 4.99 Å². The molecule has 0 spiro atoms. The van der Waals surface area contributed by atoms with Crippen molar-refractivity contribution in [2.24, 2.45) is 4.99 Å². The number of hydrogen-bond acceptors (Lipinski definition) is 4. The number of amides is 1. The Morgan fingerprint density at radius 2 is 2.32 bits per heavy atom. The van der Waals surface area contributed by atoms with Gasteiger partial charge in [0.2, 0.25) is 0 Å². The van der Waals surface area contributed by atoms with Crippen LogP contribution in [0.4, 0.5) is 0 Å². The molecule has 0 aliphatic rings. The Morgan fingerprint density at radius 1 is 1.45 bits per heavy atom. The predicted molar refractivity (Wildman–Crippen MR) is 80.5 cm³/mol. The third-order valence-corrected chi connectivity index (χ3v) is 3.90. The van der Waals surface area contributed by atoms with Crippen LogP contribution in [0.25, 0.3) is 11.0 Å². The molecule has 0 saturated heterocycles. The maximum absolute atomic E-state index is 12.3. The van der Waals surface area contributed by atoms with Crippen LogP contribution in [-0.4, -0.2) is 31.5 Å². The monoisotopic (exact) mass is 316 g/mol. The molecule has 2 N–H and O–H groups in total. The van der Waals surface area contributed by atoms with Crippen molar-refractivity contribution >= 4 is 34.2 Å². The highest BCUT2D eigenvalue weighted by molar-refractivity contribution is 7.07. The molecule has 0 aromatic carbocycles. The van der Waals surface area contributed by atoms with E-state index in [0.29, 0.717) is 21.4 Å². The van der Waals surface area contributed by atoms with E-state index in [-0.39, 0.29) is 18.9 Å². The Labute approximate surface area is 128 Å². The summed E-state index contributed by atoms with van der Waals surface area (Å²) in [5.74, 6) is -1.27. The standard InChI is InChI=1S/C14H12N4O3S/c19-11(20)3-5-18-6-7-22-14(18)17-13(21)10-8-16-12-9(10)2-1-4-15-12/h1-2,4,6-8H,3,5H2,(H,15,16)(H,19,20)/b17-14-. The van der Waals surface area contributed by atoms with Gasteiger partial charge in [-0.05, 0) is 12.1 Å². The average Bonchev–Trinajstić information content (AvgIpc) is 3.11. The first-order chi connectivity index (χ1) is 10.6. The molecule has 3 aromatic rings. The van der Waals surface area contributed by atoms with Crippen LogP contribution >= 0.6 is 11.3 Å². The van der Waals surface area contributed by atoms with E-state index in [9.17, 15) is 9.59 Å². The summed E-state index contributed by atoms with van der Waals surface area (Å²) in [7, 11) is 0. The molecule has 22 heavy (non-hydrogen) atoms. The summed E-state index contributed by atoms with van der Waals surface area (Å²) in [6, 6.07) is 3.56. The average molecular weight is 316 g/mol. The molecule has 3 rings (SSSR count).